The van der Waals surface area contributed by atoms with E-state index in [-0.39, 0.29) is 5.41 Å². The van der Waals surface area contributed by atoms with E-state index in [1.807, 2.05) is 47.7 Å². The molecule has 0 saturated carbocycles. The van der Waals surface area contributed by atoms with Gasteiger partial charge in [-0.25, -0.2) is 0 Å². The summed E-state index contributed by atoms with van der Waals surface area (Å²) < 4.78 is 5.96. The highest BCUT2D eigenvalue weighted by Gasteiger charge is 2.25. The van der Waals surface area contributed by atoms with Gasteiger partial charge in [-0.15, -0.1) is 11.3 Å². The number of ether oxygens (including phenoxy) is 1. The number of aryl methyl sites for hydroxylation is 2. The summed E-state index contributed by atoms with van der Waals surface area (Å²) in [4.78, 5) is 1.53. The Morgan fingerprint density at radius 1 is 0.962 bits per heavy atom. The van der Waals surface area contributed by atoms with E-state index in [1.165, 1.54) is 35.3 Å². The molecular weight excluding hydrogens is 336 g/mol. The monoisotopic (exact) mass is 364 g/mol. The Bertz CT molecular complexity index is 821. The number of benzene rings is 2. The lowest BCUT2D eigenvalue weighted by Crippen LogP contribution is -2.19. The first-order valence-electron chi connectivity index (χ1n) is 9.46. The first kappa shape index (κ1) is 18.7. The smallest absolute Gasteiger partial charge is 0.127 e. The van der Waals surface area contributed by atoms with Crippen LogP contribution in [0.3, 0.4) is 0 Å². The Morgan fingerprint density at radius 2 is 1.73 bits per heavy atom. The van der Waals surface area contributed by atoms with Crippen molar-refractivity contribution in [3.8, 4) is 11.5 Å². The summed E-state index contributed by atoms with van der Waals surface area (Å²) in [5, 5.41) is 2.27. The average Bonchev–Trinajstić information content (AvgIpc) is 3.10. The van der Waals surface area contributed by atoms with Crippen LogP contribution >= 0.6 is 11.3 Å². The molecule has 1 heterocycles. The van der Waals surface area contributed by atoms with Crippen LogP contribution in [0.5, 0.6) is 11.5 Å². The average molecular weight is 365 g/mol. The molecule has 0 radical (unpaired) electrons. The van der Waals surface area contributed by atoms with Crippen molar-refractivity contribution < 1.29 is 4.74 Å². The van der Waals surface area contributed by atoms with Gasteiger partial charge in [0.15, 0.2) is 0 Å². The summed E-state index contributed by atoms with van der Waals surface area (Å²) in [5.74, 6) is 1.80. The predicted octanol–water partition coefficient (Wildman–Crippen LogP) is 7.54. The SMILES string of the molecule is CCC(C)(CCCc1cccc(Oc2ccccc2)c1)c1cc(C)cs1. The van der Waals surface area contributed by atoms with E-state index in [2.05, 4.69) is 50.4 Å². The normalized spacial score (nSPS) is 13.3. The van der Waals surface area contributed by atoms with Gasteiger partial charge in [0.1, 0.15) is 11.5 Å². The topological polar surface area (TPSA) is 9.23 Å². The lowest BCUT2D eigenvalue weighted by atomic mass is 9.80. The van der Waals surface area contributed by atoms with Gasteiger partial charge in [0, 0.05) is 10.3 Å². The molecule has 0 bridgehead atoms. The van der Waals surface area contributed by atoms with Crippen LogP contribution in [0.25, 0.3) is 0 Å². The molecule has 26 heavy (non-hydrogen) atoms. The molecule has 0 spiro atoms. The van der Waals surface area contributed by atoms with Crippen LogP contribution in [-0.4, -0.2) is 0 Å². The van der Waals surface area contributed by atoms with E-state index in [9.17, 15) is 0 Å². The summed E-state index contributed by atoms with van der Waals surface area (Å²) in [6.07, 6.45) is 4.68. The Kier molecular flexibility index (Phi) is 6.16. The van der Waals surface area contributed by atoms with Gasteiger partial charge in [-0.3, -0.25) is 0 Å². The molecule has 1 nitrogen and oxygen atoms in total. The van der Waals surface area contributed by atoms with Gasteiger partial charge in [-0.2, -0.15) is 0 Å². The second-order valence-electron chi connectivity index (χ2n) is 7.32. The largest absolute Gasteiger partial charge is 0.457 e. The van der Waals surface area contributed by atoms with E-state index in [4.69, 9.17) is 4.74 Å². The zero-order valence-corrected chi connectivity index (χ0v) is 16.8. The molecule has 0 saturated heterocycles. The number of rotatable bonds is 8. The fourth-order valence-electron chi connectivity index (χ4n) is 3.29. The van der Waals surface area contributed by atoms with Crippen molar-refractivity contribution in [2.45, 2.75) is 51.9 Å². The van der Waals surface area contributed by atoms with Gasteiger partial charge >= 0.3 is 0 Å². The molecule has 2 heteroatoms. The van der Waals surface area contributed by atoms with Gasteiger partial charge in [-0.05, 0) is 79.4 Å². The highest BCUT2D eigenvalue weighted by Crippen LogP contribution is 2.37. The van der Waals surface area contributed by atoms with Crippen LogP contribution in [0.4, 0.5) is 0 Å². The van der Waals surface area contributed by atoms with Crippen LogP contribution < -0.4 is 4.74 Å². The molecule has 0 aliphatic heterocycles. The van der Waals surface area contributed by atoms with Gasteiger partial charge in [0.2, 0.25) is 0 Å². The number of para-hydroxylation sites is 1. The fraction of sp³-hybridized carbons (Fsp3) is 0.333. The Hall–Kier alpha value is -2.06. The molecular formula is C24H28OS. The molecule has 1 unspecified atom stereocenters. The molecule has 0 N–H and O–H groups in total. The lowest BCUT2D eigenvalue weighted by Gasteiger charge is -2.27. The predicted molar refractivity (Wildman–Crippen MR) is 113 cm³/mol. The standard InChI is InChI=1S/C24H28OS/c1-4-24(3,23-16-19(2)18-26-23)15-9-11-20-10-8-14-22(17-20)25-21-12-6-5-7-13-21/h5-8,10,12-14,16-18H,4,9,11,15H2,1-3H3. The first-order valence-corrected chi connectivity index (χ1v) is 10.3. The quantitative estimate of drug-likeness (QED) is 0.401. The minimum absolute atomic E-state index is 0.289. The molecule has 3 rings (SSSR count). The van der Waals surface area contributed by atoms with Crippen LogP contribution in [-0.2, 0) is 11.8 Å². The molecule has 3 aromatic rings. The molecule has 0 aliphatic carbocycles. The first-order chi connectivity index (χ1) is 12.6. The maximum atomic E-state index is 5.96. The summed E-state index contributed by atoms with van der Waals surface area (Å²) in [6.45, 7) is 6.91. The summed E-state index contributed by atoms with van der Waals surface area (Å²) >= 11 is 1.91. The molecule has 2 aromatic carbocycles. The van der Waals surface area contributed by atoms with Gasteiger partial charge in [-0.1, -0.05) is 44.2 Å². The van der Waals surface area contributed by atoms with Crippen molar-refractivity contribution in [3.05, 3.63) is 82.0 Å². The van der Waals surface area contributed by atoms with Gasteiger partial charge < -0.3 is 4.74 Å². The minimum Gasteiger partial charge on any atom is -0.457 e. The van der Waals surface area contributed by atoms with Crippen LogP contribution in [0.2, 0.25) is 0 Å². The summed E-state index contributed by atoms with van der Waals surface area (Å²) in [7, 11) is 0. The Labute approximate surface area is 161 Å². The van der Waals surface area contributed by atoms with E-state index in [1.54, 1.807) is 0 Å². The lowest BCUT2D eigenvalue weighted by molar-refractivity contribution is 0.413. The van der Waals surface area contributed by atoms with Crippen LogP contribution in [0, 0.1) is 6.92 Å². The summed E-state index contributed by atoms with van der Waals surface area (Å²) in [6, 6.07) is 20.8. The van der Waals surface area contributed by atoms with Crippen molar-refractivity contribution >= 4 is 11.3 Å². The Morgan fingerprint density at radius 3 is 2.42 bits per heavy atom. The number of thiophene rings is 1. The van der Waals surface area contributed by atoms with E-state index in [0.717, 1.165) is 17.9 Å². The molecule has 0 amide bonds. The Balaban J connectivity index is 1.60. The maximum Gasteiger partial charge on any atom is 0.127 e. The van der Waals surface area contributed by atoms with Crippen molar-refractivity contribution in [2.75, 3.05) is 0 Å². The third-order valence-electron chi connectivity index (χ3n) is 5.18. The van der Waals surface area contributed by atoms with Crippen molar-refractivity contribution in [1.82, 2.24) is 0 Å². The van der Waals surface area contributed by atoms with Crippen LogP contribution in [0.15, 0.2) is 66.0 Å². The van der Waals surface area contributed by atoms with Crippen LogP contribution in [0.1, 0.15) is 49.1 Å². The molecule has 0 aliphatic rings. The van der Waals surface area contributed by atoms with Gasteiger partial charge in [0.05, 0.1) is 0 Å². The maximum absolute atomic E-state index is 5.96. The second-order valence-corrected chi connectivity index (χ2v) is 8.23. The summed E-state index contributed by atoms with van der Waals surface area (Å²) in [5.41, 5.74) is 3.02. The molecule has 0 fully saturated rings. The van der Waals surface area contributed by atoms with Crippen molar-refractivity contribution in [2.24, 2.45) is 0 Å². The minimum atomic E-state index is 0.289. The zero-order chi connectivity index (χ0) is 18.4. The number of hydrogen-bond donors (Lipinski definition) is 0. The third kappa shape index (κ3) is 4.76. The van der Waals surface area contributed by atoms with Crippen molar-refractivity contribution in [3.63, 3.8) is 0 Å². The molecule has 1 atom stereocenters. The van der Waals surface area contributed by atoms with E-state index >= 15 is 0 Å². The fourth-order valence-corrected chi connectivity index (χ4v) is 4.46. The van der Waals surface area contributed by atoms with Gasteiger partial charge in [0.25, 0.3) is 0 Å². The number of hydrogen-bond acceptors (Lipinski definition) is 2. The molecule has 1 aromatic heterocycles. The van der Waals surface area contributed by atoms with Crippen molar-refractivity contribution in [1.29, 1.82) is 0 Å². The third-order valence-corrected chi connectivity index (χ3v) is 6.53. The molecule has 136 valence electrons. The van der Waals surface area contributed by atoms with E-state index < -0.39 is 0 Å². The highest BCUT2D eigenvalue weighted by atomic mass is 32.1. The second kappa shape index (κ2) is 8.55. The zero-order valence-electron chi connectivity index (χ0n) is 16.0. The highest BCUT2D eigenvalue weighted by molar-refractivity contribution is 7.10. The van der Waals surface area contributed by atoms with E-state index in [0.29, 0.717) is 0 Å².